The van der Waals surface area contributed by atoms with Crippen LogP contribution in [0.4, 0.5) is 11.4 Å². The number of nitrogens with two attached hydrogens (primary N) is 1. The van der Waals surface area contributed by atoms with E-state index in [1.54, 1.807) is 14.2 Å². The maximum absolute atomic E-state index is 12.2. The predicted molar refractivity (Wildman–Crippen MR) is 163 cm³/mol. The molecule has 2 rings (SSSR count). The number of unbranched alkanes of at least 4 members (excludes halogenated alkanes) is 1. The molecule has 40 heavy (non-hydrogen) atoms. The van der Waals surface area contributed by atoms with Crippen LogP contribution in [0.25, 0.3) is 0 Å². The molecule has 0 aliphatic carbocycles. The molecule has 2 aromatic carbocycles. The predicted octanol–water partition coefficient (Wildman–Crippen LogP) is 4.09. The zero-order valence-corrected chi connectivity index (χ0v) is 25.5. The molecule has 0 bridgehead atoms. The smallest absolute Gasteiger partial charge is 0.253 e. The highest BCUT2D eigenvalue weighted by molar-refractivity contribution is 5.74. The van der Waals surface area contributed by atoms with Crippen molar-refractivity contribution in [3.63, 3.8) is 0 Å². The third-order valence-corrected chi connectivity index (χ3v) is 7.51. The molecule has 0 unspecified atom stereocenters. The lowest BCUT2D eigenvalue weighted by Gasteiger charge is -2.30. The number of hydrogen-bond acceptors (Lipinski definition) is 9. The van der Waals surface area contributed by atoms with E-state index in [2.05, 4.69) is 31.4 Å². The first-order chi connectivity index (χ1) is 18.9. The summed E-state index contributed by atoms with van der Waals surface area (Å²) in [5.41, 5.74) is 6.69. The summed E-state index contributed by atoms with van der Waals surface area (Å²) in [7, 11) is 3.29. The van der Waals surface area contributed by atoms with E-state index in [1.165, 1.54) is 0 Å². The van der Waals surface area contributed by atoms with Gasteiger partial charge < -0.3 is 35.7 Å². The minimum atomic E-state index is -0.887. The van der Waals surface area contributed by atoms with Crippen molar-refractivity contribution in [2.75, 3.05) is 44.6 Å². The summed E-state index contributed by atoms with van der Waals surface area (Å²) in [4.78, 5) is 24.5. The van der Waals surface area contributed by atoms with Gasteiger partial charge in [-0.2, -0.15) is 0 Å². The average molecular weight is 562 g/mol. The topological polar surface area (TPSA) is 132 Å². The first-order valence-corrected chi connectivity index (χ1v) is 14.5. The van der Waals surface area contributed by atoms with Gasteiger partial charge >= 0.3 is 0 Å². The molecule has 0 amide bonds. The van der Waals surface area contributed by atoms with Crippen molar-refractivity contribution in [3.8, 4) is 11.5 Å². The van der Waals surface area contributed by atoms with Crippen molar-refractivity contribution in [1.29, 1.82) is 0 Å². The molecule has 0 radical (unpaired) electrons. The SMILES string of the molecule is CCCCC(C)(C)Nc1c(NC[C@H](O)[C@@H](N)C[C@H](Cc2ccc(OC)c(OCCCOC)c2)C(C)C)c(=O)c1=O. The molecular weight excluding hydrogens is 510 g/mol. The summed E-state index contributed by atoms with van der Waals surface area (Å²) in [6.07, 6.45) is 4.20. The number of ether oxygens (including phenoxy) is 3. The van der Waals surface area contributed by atoms with Crippen molar-refractivity contribution in [3.05, 3.63) is 44.2 Å². The molecule has 0 aliphatic heterocycles. The van der Waals surface area contributed by atoms with Gasteiger partial charge in [-0.1, -0.05) is 39.7 Å². The van der Waals surface area contributed by atoms with Crippen LogP contribution >= 0.6 is 0 Å². The van der Waals surface area contributed by atoms with Crippen LogP contribution in [-0.4, -0.2) is 56.8 Å². The normalized spacial score (nSPS) is 14.2. The molecule has 2 aromatic rings. The van der Waals surface area contributed by atoms with Gasteiger partial charge in [0.15, 0.2) is 11.5 Å². The highest BCUT2D eigenvalue weighted by Crippen LogP contribution is 2.31. The van der Waals surface area contributed by atoms with Gasteiger partial charge in [-0.3, -0.25) is 9.59 Å². The van der Waals surface area contributed by atoms with E-state index in [0.29, 0.717) is 42.7 Å². The van der Waals surface area contributed by atoms with Gasteiger partial charge in [0.1, 0.15) is 11.4 Å². The molecule has 9 heteroatoms. The van der Waals surface area contributed by atoms with Gasteiger partial charge in [-0.05, 0) is 62.6 Å². The summed E-state index contributed by atoms with van der Waals surface area (Å²) in [5, 5.41) is 17.1. The fourth-order valence-corrected chi connectivity index (χ4v) is 4.80. The van der Waals surface area contributed by atoms with Gasteiger partial charge in [0.2, 0.25) is 0 Å². The molecule has 0 spiro atoms. The van der Waals surface area contributed by atoms with E-state index >= 15 is 0 Å². The molecule has 0 saturated carbocycles. The molecular formula is C31H51N3O6. The van der Waals surface area contributed by atoms with Gasteiger partial charge in [0.25, 0.3) is 10.9 Å². The minimum Gasteiger partial charge on any atom is -0.493 e. The first-order valence-electron chi connectivity index (χ1n) is 14.5. The molecule has 9 nitrogen and oxygen atoms in total. The number of nitrogens with one attached hydrogen (secondary N) is 2. The number of methoxy groups -OCH3 is 2. The first kappa shape index (κ1) is 33.6. The zero-order valence-electron chi connectivity index (χ0n) is 25.5. The largest absolute Gasteiger partial charge is 0.493 e. The number of aliphatic hydroxyl groups excluding tert-OH is 1. The summed E-state index contributed by atoms with van der Waals surface area (Å²) < 4.78 is 16.5. The molecule has 3 atom stereocenters. The second-order valence-electron chi connectivity index (χ2n) is 11.8. The van der Waals surface area contributed by atoms with Crippen molar-refractivity contribution in [1.82, 2.24) is 0 Å². The Morgan fingerprint density at radius 2 is 1.73 bits per heavy atom. The molecule has 226 valence electrons. The van der Waals surface area contributed by atoms with E-state index < -0.39 is 23.0 Å². The third kappa shape index (κ3) is 9.78. The Bertz CT molecular complexity index is 1110. The van der Waals surface area contributed by atoms with E-state index in [9.17, 15) is 14.7 Å². The summed E-state index contributed by atoms with van der Waals surface area (Å²) in [6, 6.07) is 5.44. The van der Waals surface area contributed by atoms with Crippen LogP contribution in [-0.2, 0) is 11.2 Å². The Kier molecular flexibility index (Phi) is 13.4. The monoisotopic (exact) mass is 561 g/mol. The van der Waals surface area contributed by atoms with Crippen molar-refractivity contribution in [2.45, 2.75) is 90.8 Å². The van der Waals surface area contributed by atoms with Gasteiger partial charge in [0.05, 0.1) is 19.8 Å². The standard InChI is InChI=1S/C31H51N3O6/c1-8-9-13-31(4,5)34-28-27(29(36)30(28)37)33-19-24(35)23(32)18-22(20(2)3)16-21-11-12-25(39-7)26(17-21)40-15-10-14-38-6/h11-12,17,20,22-24,33-35H,8-10,13-16,18-19,32H2,1-7H3/t22-,23-,24-/m0/s1. The molecule has 0 fully saturated rings. The van der Waals surface area contributed by atoms with Crippen LogP contribution in [0, 0.1) is 11.8 Å². The number of hydrogen-bond donors (Lipinski definition) is 4. The highest BCUT2D eigenvalue weighted by Gasteiger charge is 2.28. The lowest BCUT2D eigenvalue weighted by molar-refractivity contribution is 0.137. The summed E-state index contributed by atoms with van der Waals surface area (Å²) in [5.74, 6) is 1.92. The van der Waals surface area contributed by atoms with Crippen LogP contribution in [0.2, 0.25) is 0 Å². The van der Waals surface area contributed by atoms with Gasteiger partial charge in [-0.15, -0.1) is 0 Å². The van der Waals surface area contributed by atoms with Crippen LogP contribution in [0.3, 0.4) is 0 Å². The van der Waals surface area contributed by atoms with E-state index in [-0.39, 0.29) is 23.7 Å². The quantitative estimate of drug-likeness (QED) is 0.139. The molecule has 5 N–H and O–H groups in total. The summed E-state index contributed by atoms with van der Waals surface area (Å²) >= 11 is 0. The highest BCUT2D eigenvalue weighted by atomic mass is 16.5. The summed E-state index contributed by atoms with van der Waals surface area (Å²) in [6.45, 7) is 11.7. The van der Waals surface area contributed by atoms with Crippen LogP contribution in [0.1, 0.15) is 72.3 Å². The zero-order chi connectivity index (χ0) is 29.9. The van der Waals surface area contributed by atoms with E-state index in [4.69, 9.17) is 19.9 Å². The number of benzene rings is 1. The Balaban J connectivity index is 2.00. The second-order valence-corrected chi connectivity index (χ2v) is 11.8. The van der Waals surface area contributed by atoms with Crippen LogP contribution in [0.5, 0.6) is 11.5 Å². The fourth-order valence-electron chi connectivity index (χ4n) is 4.80. The van der Waals surface area contributed by atoms with Crippen LogP contribution in [0.15, 0.2) is 27.8 Å². The lowest BCUT2D eigenvalue weighted by atomic mass is 9.83. The molecule has 0 heterocycles. The Labute approximate surface area is 239 Å². The molecule has 0 saturated heterocycles. The van der Waals surface area contributed by atoms with Crippen molar-refractivity contribution >= 4 is 11.4 Å². The third-order valence-electron chi connectivity index (χ3n) is 7.51. The number of rotatable bonds is 20. The Morgan fingerprint density at radius 3 is 2.35 bits per heavy atom. The lowest BCUT2D eigenvalue weighted by Crippen LogP contribution is -2.46. The average Bonchev–Trinajstić information content (AvgIpc) is 2.92. The van der Waals surface area contributed by atoms with E-state index in [1.807, 2.05) is 32.0 Å². The number of aliphatic hydroxyl groups is 1. The number of anilines is 2. The van der Waals surface area contributed by atoms with Gasteiger partial charge in [-0.25, -0.2) is 0 Å². The minimum absolute atomic E-state index is 0.0862. The van der Waals surface area contributed by atoms with Crippen molar-refractivity contribution < 1.29 is 19.3 Å². The van der Waals surface area contributed by atoms with E-state index in [0.717, 1.165) is 37.7 Å². The Hall–Kier alpha value is -2.62. The van der Waals surface area contributed by atoms with Gasteiger partial charge in [0, 0.05) is 38.3 Å². The Morgan fingerprint density at radius 1 is 1.02 bits per heavy atom. The fraction of sp³-hybridized carbons (Fsp3) is 0.677. The second kappa shape index (κ2) is 16.0. The maximum atomic E-state index is 12.2. The maximum Gasteiger partial charge on any atom is 0.253 e. The van der Waals surface area contributed by atoms with Crippen molar-refractivity contribution in [2.24, 2.45) is 17.6 Å². The van der Waals surface area contributed by atoms with Crippen LogP contribution < -0.4 is 36.7 Å². The molecule has 0 aromatic heterocycles. The molecule has 0 aliphatic rings.